The van der Waals surface area contributed by atoms with Crippen molar-refractivity contribution >= 4 is 43.7 Å². The van der Waals surface area contributed by atoms with Crippen LogP contribution in [-0.4, -0.2) is 11.9 Å². The van der Waals surface area contributed by atoms with Crippen LogP contribution in [0.2, 0.25) is 0 Å². The monoisotopic (exact) mass is 468 g/mol. The van der Waals surface area contributed by atoms with Crippen molar-refractivity contribution in [3.05, 3.63) is 125 Å². The summed E-state index contributed by atoms with van der Waals surface area (Å²) in [5.74, 6) is -1.03. The molecular formula is C28H22O3P2. The predicted octanol–water partition coefficient (Wildman–Crippen LogP) is 5.46. The summed E-state index contributed by atoms with van der Waals surface area (Å²) in [6.45, 7) is 0. The Kier molecular flexibility index (Phi) is 6.44. The number of allylic oxidation sites excluding steroid dienone is 4. The van der Waals surface area contributed by atoms with Gasteiger partial charge in [0.05, 0.1) is 10.6 Å². The zero-order valence-electron chi connectivity index (χ0n) is 17.9. The van der Waals surface area contributed by atoms with Gasteiger partial charge in [-0.15, -0.1) is 0 Å². The number of esters is 2. The highest BCUT2D eigenvalue weighted by Gasteiger charge is 2.43. The number of carbonyl (C=O) groups excluding carboxylic acids is 2. The molecule has 0 N–H and O–H groups in total. The standard InChI is InChI=1S/C28H22O3P2/c29-27-25(32(21-13-5-1-6-14-21)22-15-7-2-8-16-22)26(28(30)31-27)33(23-17-9-3-10-18-23)24-19-11-4-12-20-24/h1-3,5-11,13-20H,4,12H2. The lowest BCUT2D eigenvalue weighted by Gasteiger charge is -2.24. The number of hydrogen-bond acceptors (Lipinski definition) is 3. The molecule has 1 atom stereocenters. The Bertz CT molecular complexity index is 1220. The average Bonchev–Trinajstić information content (AvgIpc) is 3.15. The third kappa shape index (κ3) is 4.40. The van der Waals surface area contributed by atoms with Gasteiger partial charge in [-0.25, -0.2) is 9.59 Å². The minimum absolute atomic E-state index is 0.510. The van der Waals surface area contributed by atoms with E-state index < -0.39 is 27.8 Å². The highest BCUT2D eigenvalue weighted by Crippen LogP contribution is 2.61. The number of rotatable bonds is 6. The van der Waals surface area contributed by atoms with Gasteiger partial charge in [0.1, 0.15) is 0 Å². The summed E-state index contributed by atoms with van der Waals surface area (Å²) >= 11 is 0. The third-order valence-corrected chi connectivity index (χ3v) is 10.7. The zero-order valence-corrected chi connectivity index (χ0v) is 19.7. The molecule has 3 aromatic carbocycles. The van der Waals surface area contributed by atoms with E-state index in [0.717, 1.165) is 34.1 Å². The summed E-state index contributed by atoms with van der Waals surface area (Å²) in [5, 5.41) is 5.22. The zero-order chi connectivity index (χ0) is 22.6. The smallest absolute Gasteiger partial charge is 0.348 e. The van der Waals surface area contributed by atoms with E-state index in [1.807, 2.05) is 91.0 Å². The molecule has 33 heavy (non-hydrogen) atoms. The number of cyclic esters (lactones) is 2. The van der Waals surface area contributed by atoms with Crippen LogP contribution in [-0.2, 0) is 14.3 Å². The third-order valence-electron chi connectivity index (χ3n) is 5.52. The van der Waals surface area contributed by atoms with Crippen LogP contribution in [0.4, 0.5) is 0 Å². The molecule has 1 unspecified atom stereocenters. The van der Waals surface area contributed by atoms with E-state index in [9.17, 15) is 9.59 Å². The molecule has 0 saturated carbocycles. The highest BCUT2D eigenvalue weighted by molar-refractivity contribution is 7.81. The molecule has 0 spiro atoms. The van der Waals surface area contributed by atoms with Gasteiger partial charge in [-0.05, 0) is 49.9 Å². The Labute approximate surface area is 196 Å². The summed E-state index contributed by atoms with van der Waals surface area (Å²) in [5.41, 5.74) is 0. The van der Waals surface area contributed by atoms with Gasteiger partial charge in [0.2, 0.25) is 0 Å². The van der Waals surface area contributed by atoms with Crippen molar-refractivity contribution in [1.82, 2.24) is 0 Å². The Morgan fingerprint density at radius 2 is 1.03 bits per heavy atom. The van der Waals surface area contributed by atoms with Gasteiger partial charge in [-0.1, -0.05) is 109 Å². The molecule has 0 amide bonds. The van der Waals surface area contributed by atoms with E-state index >= 15 is 0 Å². The van der Waals surface area contributed by atoms with Gasteiger partial charge in [0.15, 0.2) is 0 Å². The van der Waals surface area contributed by atoms with Gasteiger partial charge in [0, 0.05) is 0 Å². The molecule has 0 aromatic heterocycles. The summed E-state index contributed by atoms with van der Waals surface area (Å²) in [6.07, 6.45) is 8.36. The maximum absolute atomic E-state index is 13.3. The van der Waals surface area contributed by atoms with Crippen LogP contribution in [0.25, 0.3) is 0 Å². The second kappa shape index (κ2) is 9.79. The Balaban J connectivity index is 1.78. The quantitative estimate of drug-likeness (QED) is 0.274. The Morgan fingerprint density at radius 3 is 1.48 bits per heavy atom. The van der Waals surface area contributed by atoms with Gasteiger partial charge in [0.25, 0.3) is 0 Å². The van der Waals surface area contributed by atoms with Crippen LogP contribution in [0.3, 0.4) is 0 Å². The molecule has 5 rings (SSSR count). The molecule has 1 aliphatic carbocycles. The summed E-state index contributed by atoms with van der Waals surface area (Å²) in [4.78, 5) is 26.6. The first-order valence-corrected chi connectivity index (χ1v) is 13.6. The molecule has 3 nitrogen and oxygen atoms in total. The number of ether oxygens (including phenoxy) is 1. The molecule has 1 heterocycles. The van der Waals surface area contributed by atoms with Gasteiger partial charge < -0.3 is 4.74 Å². The topological polar surface area (TPSA) is 43.4 Å². The molecule has 162 valence electrons. The molecule has 0 saturated heterocycles. The van der Waals surface area contributed by atoms with E-state index in [2.05, 4.69) is 18.2 Å². The van der Waals surface area contributed by atoms with Crippen molar-refractivity contribution in [2.45, 2.75) is 12.8 Å². The molecule has 0 fully saturated rings. The lowest BCUT2D eigenvalue weighted by molar-refractivity contribution is -0.150. The summed E-state index contributed by atoms with van der Waals surface area (Å²) in [6, 6.07) is 30.0. The average molecular weight is 468 g/mol. The van der Waals surface area contributed by atoms with Crippen molar-refractivity contribution < 1.29 is 14.3 Å². The van der Waals surface area contributed by atoms with E-state index in [1.165, 1.54) is 0 Å². The van der Waals surface area contributed by atoms with Crippen LogP contribution >= 0.6 is 15.8 Å². The van der Waals surface area contributed by atoms with E-state index in [1.54, 1.807) is 0 Å². The predicted molar refractivity (Wildman–Crippen MR) is 137 cm³/mol. The first kappa shape index (κ1) is 21.7. The van der Waals surface area contributed by atoms with Crippen molar-refractivity contribution in [2.24, 2.45) is 0 Å². The van der Waals surface area contributed by atoms with Gasteiger partial charge in [-0.3, -0.25) is 0 Å². The van der Waals surface area contributed by atoms with E-state index in [0.29, 0.717) is 10.6 Å². The minimum Gasteiger partial charge on any atom is -0.386 e. The Morgan fingerprint density at radius 1 is 0.576 bits per heavy atom. The lowest BCUT2D eigenvalue weighted by atomic mass is 10.2. The fourth-order valence-electron chi connectivity index (χ4n) is 4.08. The maximum Gasteiger partial charge on any atom is 0.348 e. The maximum atomic E-state index is 13.3. The molecule has 5 heteroatoms. The van der Waals surface area contributed by atoms with Gasteiger partial charge in [-0.2, -0.15) is 0 Å². The fraction of sp³-hybridized carbons (Fsp3) is 0.0714. The molecular weight excluding hydrogens is 446 g/mol. The normalized spacial score (nSPS) is 16.7. The molecule has 0 radical (unpaired) electrons. The first-order chi connectivity index (χ1) is 16.2. The lowest BCUT2D eigenvalue weighted by Crippen LogP contribution is -2.16. The van der Waals surface area contributed by atoms with Crippen LogP contribution in [0.1, 0.15) is 12.8 Å². The Hall–Kier alpha value is -3.12. The fourth-order valence-corrected chi connectivity index (χ4v) is 9.35. The number of benzene rings is 3. The van der Waals surface area contributed by atoms with Crippen molar-refractivity contribution in [3.63, 3.8) is 0 Å². The SMILES string of the molecule is O=C1OC(=O)C(P(c2ccccc2)c2ccccc2)=C1P(C1=CCCC=C1)c1ccccc1. The minimum atomic E-state index is -1.25. The van der Waals surface area contributed by atoms with Crippen LogP contribution < -0.4 is 15.9 Å². The molecule has 0 bridgehead atoms. The van der Waals surface area contributed by atoms with E-state index in [-0.39, 0.29) is 0 Å². The highest BCUT2D eigenvalue weighted by atomic mass is 31.1. The number of carbonyl (C=O) groups is 2. The van der Waals surface area contributed by atoms with Crippen molar-refractivity contribution in [1.29, 1.82) is 0 Å². The number of hydrogen-bond donors (Lipinski definition) is 0. The largest absolute Gasteiger partial charge is 0.386 e. The van der Waals surface area contributed by atoms with Crippen LogP contribution in [0.15, 0.2) is 125 Å². The van der Waals surface area contributed by atoms with Crippen LogP contribution in [0, 0.1) is 0 Å². The van der Waals surface area contributed by atoms with Gasteiger partial charge >= 0.3 is 11.9 Å². The summed E-state index contributed by atoms with van der Waals surface area (Å²) in [7, 11) is -2.47. The molecule has 3 aromatic rings. The summed E-state index contributed by atoms with van der Waals surface area (Å²) < 4.78 is 5.33. The van der Waals surface area contributed by atoms with E-state index in [4.69, 9.17) is 4.74 Å². The van der Waals surface area contributed by atoms with Crippen molar-refractivity contribution in [3.8, 4) is 0 Å². The van der Waals surface area contributed by atoms with Crippen molar-refractivity contribution in [2.75, 3.05) is 0 Å². The second-order valence-corrected chi connectivity index (χ2v) is 12.0. The first-order valence-electron chi connectivity index (χ1n) is 10.9. The molecule has 2 aliphatic rings. The second-order valence-electron chi connectivity index (χ2n) is 7.66. The molecule has 1 aliphatic heterocycles. The van der Waals surface area contributed by atoms with Crippen LogP contribution in [0.5, 0.6) is 0 Å².